The van der Waals surface area contributed by atoms with Crippen molar-refractivity contribution in [3.8, 4) is 28.3 Å². The Balaban J connectivity index is 1.34. The molecule has 1 aliphatic heterocycles. The van der Waals surface area contributed by atoms with Crippen LogP contribution < -0.4 is 4.74 Å². The molecular formula is C24H24F2N4O2. The predicted molar refractivity (Wildman–Crippen MR) is 115 cm³/mol. The zero-order valence-electron chi connectivity index (χ0n) is 17.8. The van der Waals surface area contributed by atoms with Crippen LogP contribution in [0.15, 0.2) is 42.7 Å². The lowest BCUT2D eigenvalue weighted by atomic mass is 10.0. The summed E-state index contributed by atoms with van der Waals surface area (Å²) in [5.41, 5.74) is 1.04. The molecule has 0 radical (unpaired) electrons. The van der Waals surface area contributed by atoms with Crippen LogP contribution in [-0.2, 0) is 11.3 Å². The average Bonchev–Trinajstić information content (AvgIpc) is 3.38. The lowest BCUT2D eigenvalue weighted by Crippen LogP contribution is -2.30. The Morgan fingerprint density at radius 3 is 2.59 bits per heavy atom. The topological polar surface area (TPSA) is 60.3 Å². The molecule has 1 saturated heterocycles. The number of ether oxygens (including phenoxy) is 1. The number of hydrogen-bond acceptors (Lipinski definition) is 4. The number of hydrogen-bond donors (Lipinski definition) is 0. The first-order chi connectivity index (χ1) is 15.5. The Bertz CT molecular complexity index is 1160. The molecule has 2 aliphatic rings. The van der Waals surface area contributed by atoms with Crippen molar-refractivity contribution >= 4 is 5.91 Å². The Morgan fingerprint density at radius 1 is 1.09 bits per heavy atom. The molecule has 166 valence electrons. The quantitative estimate of drug-likeness (QED) is 0.580. The van der Waals surface area contributed by atoms with Crippen LogP contribution in [0.5, 0.6) is 5.75 Å². The zero-order chi connectivity index (χ0) is 22.2. The molecule has 0 spiro atoms. The van der Waals surface area contributed by atoms with Gasteiger partial charge in [-0.25, -0.2) is 8.78 Å². The van der Waals surface area contributed by atoms with E-state index in [1.807, 2.05) is 9.47 Å². The van der Waals surface area contributed by atoms with E-state index in [2.05, 4.69) is 10.2 Å². The number of nitrogens with zero attached hydrogens (tertiary/aromatic N) is 4. The van der Waals surface area contributed by atoms with Crippen LogP contribution in [0.25, 0.3) is 22.5 Å². The molecule has 1 amide bonds. The monoisotopic (exact) mass is 438 g/mol. The third-order valence-corrected chi connectivity index (χ3v) is 6.29. The normalized spacial score (nSPS) is 18.2. The molecule has 6 nitrogen and oxygen atoms in total. The van der Waals surface area contributed by atoms with Gasteiger partial charge in [0, 0.05) is 37.2 Å². The maximum Gasteiger partial charge on any atom is 0.225 e. The van der Waals surface area contributed by atoms with Gasteiger partial charge in [-0.15, -0.1) is 10.2 Å². The molecule has 1 atom stereocenters. The Morgan fingerprint density at radius 2 is 1.88 bits per heavy atom. The van der Waals surface area contributed by atoms with Gasteiger partial charge in [-0.2, -0.15) is 0 Å². The number of halogens is 2. The highest BCUT2D eigenvalue weighted by Crippen LogP contribution is 2.34. The maximum absolute atomic E-state index is 15.1. The lowest BCUT2D eigenvalue weighted by Gasteiger charge is -2.17. The minimum atomic E-state index is -0.496. The van der Waals surface area contributed by atoms with Gasteiger partial charge in [0.2, 0.25) is 5.91 Å². The molecule has 2 aromatic carbocycles. The first-order valence-corrected chi connectivity index (χ1v) is 10.8. The van der Waals surface area contributed by atoms with Gasteiger partial charge in [0.05, 0.1) is 12.7 Å². The third-order valence-electron chi connectivity index (χ3n) is 6.29. The second kappa shape index (κ2) is 8.33. The molecule has 1 saturated carbocycles. The Hall–Kier alpha value is -3.29. The minimum Gasteiger partial charge on any atom is -0.497 e. The van der Waals surface area contributed by atoms with Crippen molar-refractivity contribution in [2.45, 2.75) is 25.8 Å². The van der Waals surface area contributed by atoms with E-state index in [1.54, 1.807) is 30.6 Å². The van der Waals surface area contributed by atoms with Crippen molar-refractivity contribution < 1.29 is 18.3 Å². The van der Waals surface area contributed by atoms with Crippen molar-refractivity contribution in [2.24, 2.45) is 11.8 Å². The molecule has 0 N–H and O–H groups in total. The van der Waals surface area contributed by atoms with Crippen LogP contribution in [-0.4, -0.2) is 45.8 Å². The highest BCUT2D eigenvalue weighted by atomic mass is 19.1. The number of methoxy groups -OCH3 is 1. The molecule has 3 aromatic rings. The number of benzene rings is 2. The number of aromatic nitrogens is 3. The van der Waals surface area contributed by atoms with Crippen LogP contribution in [0, 0.1) is 23.5 Å². The summed E-state index contributed by atoms with van der Waals surface area (Å²) in [6, 6.07) is 9.07. The number of likely N-dealkylation sites (tertiary alicyclic amines) is 1. The summed E-state index contributed by atoms with van der Waals surface area (Å²) in [5.74, 6) is 0.626. The van der Waals surface area contributed by atoms with E-state index >= 15 is 4.39 Å². The summed E-state index contributed by atoms with van der Waals surface area (Å²) in [5, 5.41) is 8.11. The van der Waals surface area contributed by atoms with Gasteiger partial charge in [-0.05, 0) is 55.0 Å². The summed E-state index contributed by atoms with van der Waals surface area (Å²) >= 11 is 0. The van der Waals surface area contributed by atoms with Gasteiger partial charge in [-0.1, -0.05) is 6.07 Å². The van der Waals surface area contributed by atoms with Gasteiger partial charge in [0.1, 0.15) is 23.7 Å². The van der Waals surface area contributed by atoms with Gasteiger partial charge >= 0.3 is 0 Å². The van der Waals surface area contributed by atoms with E-state index in [1.165, 1.54) is 19.2 Å². The predicted octanol–water partition coefficient (Wildman–Crippen LogP) is 4.16. The van der Waals surface area contributed by atoms with Crippen LogP contribution in [0.3, 0.4) is 0 Å². The van der Waals surface area contributed by atoms with E-state index in [4.69, 9.17) is 4.74 Å². The van der Waals surface area contributed by atoms with Crippen molar-refractivity contribution in [1.29, 1.82) is 0 Å². The molecular weight excluding hydrogens is 414 g/mol. The molecule has 1 aliphatic carbocycles. The third kappa shape index (κ3) is 3.97. The molecule has 5 rings (SSSR count). The first-order valence-electron chi connectivity index (χ1n) is 10.8. The van der Waals surface area contributed by atoms with E-state index in [9.17, 15) is 9.18 Å². The fourth-order valence-corrected chi connectivity index (χ4v) is 4.37. The summed E-state index contributed by atoms with van der Waals surface area (Å²) in [6.07, 6.45) is 4.52. The second-order valence-corrected chi connectivity index (χ2v) is 8.56. The molecule has 8 heteroatoms. The molecule has 2 heterocycles. The summed E-state index contributed by atoms with van der Waals surface area (Å²) < 4.78 is 36.3. The lowest BCUT2D eigenvalue weighted by molar-refractivity contribution is -0.131. The van der Waals surface area contributed by atoms with Gasteiger partial charge in [0.15, 0.2) is 5.82 Å². The number of rotatable bonds is 6. The van der Waals surface area contributed by atoms with Crippen molar-refractivity contribution in [1.82, 2.24) is 19.7 Å². The summed E-state index contributed by atoms with van der Waals surface area (Å²) in [7, 11) is 1.47. The van der Waals surface area contributed by atoms with Crippen LogP contribution in [0.2, 0.25) is 0 Å². The molecule has 0 unspecified atom stereocenters. The van der Waals surface area contributed by atoms with Gasteiger partial charge < -0.3 is 14.2 Å². The van der Waals surface area contributed by atoms with Gasteiger partial charge in [-0.3, -0.25) is 4.79 Å². The molecule has 32 heavy (non-hydrogen) atoms. The molecule has 2 fully saturated rings. The zero-order valence-corrected chi connectivity index (χ0v) is 17.8. The van der Waals surface area contributed by atoms with Crippen LogP contribution in [0.1, 0.15) is 19.3 Å². The SMILES string of the molecule is COc1ccc(-c2ccc(-c3nncn3C[C@H]3CCN(C(=O)C4CC4)C3)c(F)c2)c(F)c1. The van der Waals surface area contributed by atoms with Crippen LogP contribution in [0.4, 0.5) is 8.78 Å². The van der Waals surface area contributed by atoms with Crippen molar-refractivity contribution in [2.75, 3.05) is 20.2 Å². The second-order valence-electron chi connectivity index (χ2n) is 8.56. The molecule has 1 aromatic heterocycles. The number of amides is 1. The van der Waals surface area contributed by atoms with E-state index in [0.29, 0.717) is 41.4 Å². The standard InChI is InChI=1S/C24H24F2N4O2/c1-32-18-5-7-19(22(26)11-18)17-4-6-20(21(25)10-17)23-28-27-14-30(23)13-15-8-9-29(12-15)24(31)16-2-3-16/h4-7,10-11,14-16H,2-3,8-9,12-13H2,1H3/t15-/m0/s1. The fourth-order valence-electron chi connectivity index (χ4n) is 4.37. The first kappa shape index (κ1) is 20.6. The minimum absolute atomic E-state index is 0.224. The fraction of sp³-hybridized carbons (Fsp3) is 0.375. The number of carbonyl (C=O) groups excluding carboxylic acids is 1. The highest BCUT2D eigenvalue weighted by Gasteiger charge is 2.36. The van der Waals surface area contributed by atoms with Gasteiger partial charge in [0.25, 0.3) is 0 Å². The Labute approximate surface area is 184 Å². The smallest absolute Gasteiger partial charge is 0.225 e. The largest absolute Gasteiger partial charge is 0.497 e. The summed E-state index contributed by atoms with van der Waals surface area (Å²) in [4.78, 5) is 14.3. The summed E-state index contributed by atoms with van der Waals surface area (Å²) in [6.45, 7) is 2.10. The molecule has 0 bridgehead atoms. The van der Waals surface area contributed by atoms with Crippen molar-refractivity contribution in [3.05, 3.63) is 54.4 Å². The van der Waals surface area contributed by atoms with E-state index < -0.39 is 11.6 Å². The van der Waals surface area contributed by atoms with E-state index in [-0.39, 0.29) is 17.7 Å². The number of carbonyl (C=O) groups is 1. The maximum atomic E-state index is 15.1. The highest BCUT2D eigenvalue weighted by molar-refractivity contribution is 5.81. The Kier molecular flexibility index (Phi) is 5.36. The average molecular weight is 438 g/mol. The van der Waals surface area contributed by atoms with Crippen molar-refractivity contribution in [3.63, 3.8) is 0 Å². The van der Waals surface area contributed by atoms with E-state index in [0.717, 1.165) is 25.8 Å². The van der Waals surface area contributed by atoms with Crippen LogP contribution >= 0.6 is 0 Å².